The van der Waals surface area contributed by atoms with Gasteiger partial charge < -0.3 is 10.1 Å². The average molecular weight is 115 g/mol. The molecule has 48 valence electrons. The van der Waals surface area contributed by atoms with Crippen molar-refractivity contribution in [2.75, 3.05) is 13.2 Å². The first-order chi connectivity index (χ1) is 3.84. The van der Waals surface area contributed by atoms with Gasteiger partial charge in [-0.05, 0) is 13.8 Å². The number of hydrogen-bond donors (Lipinski definition) is 1. The van der Waals surface area contributed by atoms with Gasteiger partial charge in [0, 0.05) is 19.2 Å². The summed E-state index contributed by atoms with van der Waals surface area (Å²) in [5.74, 6) is 0. The molecule has 1 rings (SSSR count). The first kappa shape index (κ1) is 6.05. The van der Waals surface area contributed by atoms with Crippen LogP contribution in [0.2, 0.25) is 0 Å². The van der Waals surface area contributed by atoms with E-state index < -0.39 is 0 Å². The molecule has 0 aromatic carbocycles. The Labute approximate surface area is 50.2 Å². The van der Waals surface area contributed by atoms with Crippen LogP contribution in [0.15, 0.2) is 0 Å². The van der Waals surface area contributed by atoms with E-state index in [4.69, 9.17) is 4.74 Å². The minimum absolute atomic E-state index is 0.486. The Bertz CT molecular complexity index is 74.9. The van der Waals surface area contributed by atoms with Gasteiger partial charge in [-0.15, -0.1) is 0 Å². The highest BCUT2D eigenvalue weighted by Gasteiger charge is 2.25. The van der Waals surface area contributed by atoms with Gasteiger partial charge in [0.05, 0.1) is 6.10 Å². The summed E-state index contributed by atoms with van der Waals surface area (Å²) in [5, 5.41) is 3.22. The van der Waals surface area contributed by atoms with E-state index in [1.165, 1.54) is 0 Å². The Morgan fingerprint density at radius 2 is 2.50 bits per heavy atom. The molecular weight excluding hydrogens is 102 g/mol. The smallest absolute Gasteiger partial charge is 0.0849 e. The molecule has 0 aliphatic carbocycles. The Kier molecular flexibility index (Phi) is 1.86. The Morgan fingerprint density at radius 3 is 2.62 bits per heavy atom. The molecule has 0 aromatic rings. The van der Waals surface area contributed by atoms with Crippen molar-refractivity contribution in [3.8, 4) is 0 Å². The van der Waals surface area contributed by atoms with E-state index in [0.717, 1.165) is 13.2 Å². The number of hydrogen-bond acceptors (Lipinski definition) is 2. The number of ether oxygens (including phenoxy) is 1. The minimum Gasteiger partial charge on any atom is -0.376 e. The predicted octanol–water partition coefficient (Wildman–Crippen LogP) is 0.383. The van der Waals surface area contributed by atoms with Gasteiger partial charge in [0.15, 0.2) is 0 Å². The summed E-state index contributed by atoms with van der Waals surface area (Å²) in [4.78, 5) is 0. The minimum atomic E-state index is 0.486. The fraction of sp³-hybridized carbons (Fsp3) is 1.00. The second-order valence-electron chi connectivity index (χ2n) is 2.19. The third kappa shape index (κ3) is 1.01. The predicted molar refractivity (Wildman–Crippen MR) is 32.9 cm³/mol. The van der Waals surface area contributed by atoms with E-state index >= 15 is 0 Å². The standard InChI is InChI=1S/C6H13NO/c1-3-8-6-4-7-5(6)2/h5-7H,3-4H2,1-2H3/t5-,6-/m0/s1. The quantitative estimate of drug-likeness (QED) is 0.562. The largest absolute Gasteiger partial charge is 0.376 e. The lowest BCUT2D eigenvalue weighted by Gasteiger charge is -2.34. The molecule has 1 N–H and O–H groups in total. The molecule has 8 heavy (non-hydrogen) atoms. The Balaban J connectivity index is 2.08. The molecule has 0 amide bonds. The normalized spacial score (nSPS) is 36.8. The van der Waals surface area contributed by atoms with Crippen LogP contribution in [-0.4, -0.2) is 25.3 Å². The zero-order chi connectivity index (χ0) is 5.98. The summed E-state index contributed by atoms with van der Waals surface area (Å²) in [6, 6.07) is 0.579. The summed E-state index contributed by atoms with van der Waals surface area (Å²) < 4.78 is 5.33. The molecule has 0 radical (unpaired) electrons. The Morgan fingerprint density at radius 1 is 1.75 bits per heavy atom. The van der Waals surface area contributed by atoms with Gasteiger partial charge in [-0.2, -0.15) is 0 Å². The molecule has 1 aliphatic heterocycles. The molecule has 1 aliphatic rings. The van der Waals surface area contributed by atoms with E-state index in [0.29, 0.717) is 12.1 Å². The summed E-state index contributed by atoms with van der Waals surface area (Å²) >= 11 is 0. The topological polar surface area (TPSA) is 21.3 Å². The monoisotopic (exact) mass is 115 g/mol. The van der Waals surface area contributed by atoms with E-state index in [9.17, 15) is 0 Å². The van der Waals surface area contributed by atoms with Crippen LogP contribution in [0.3, 0.4) is 0 Å². The SMILES string of the molecule is CCO[C@H]1CN[C@H]1C. The highest BCUT2D eigenvalue weighted by Crippen LogP contribution is 2.06. The summed E-state index contributed by atoms with van der Waals surface area (Å²) in [7, 11) is 0. The van der Waals surface area contributed by atoms with Crippen LogP contribution in [0.25, 0.3) is 0 Å². The van der Waals surface area contributed by atoms with Crippen LogP contribution in [-0.2, 0) is 4.74 Å². The lowest BCUT2D eigenvalue weighted by atomic mass is 10.1. The van der Waals surface area contributed by atoms with Gasteiger partial charge >= 0.3 is 0 Å². The van der Waals surface area contributed by atoms with Gasteiger partial charge in [0.25, 0.3) is 0 Å². The second-order valence-corrected chi connectivity index (χ2v) is 2.19. The molecule has 0 unspecified atom stereocenters. The lowest BCUT2D eigenvalue weighted by molar-refractivity contribution is -0.00521. The Hall–Kier alpha value is -0.0800. The molecular formula is C6H13NO. The first-order valence-corrected chi connectivity index (χ1v) is 3.19. The molecule has 2 nitrogen and oxygen atoms in total. The van der Waals surface area contributed by atoms with Gasteiger partial charge in [0.2, 0.25) is 0 Å². The summed E-state index contributed by atoms with van der Waals surface area (Å²) in [6.45, 7) is 6.06. The first-order valence-electron chi connectivity index (χ1n) is 3.19. The van der Waals surface area contributed by atoms with Gasteiger partial charge in [0.1, 0.15) is 0 Å². The summed E-state index contributed by atoms with van der Waals surface area (Å²) in [5.41, 5.74) is 0. The lowest BCUT2D eigenvalue weighted by Crippen LogP contribution is -2.56. The van der Waals surface area contributed by atoms with Crippen molar-refractivity contribution in [1.29, 1.82) is 0 Å². The van der Waals surface area contributed by atoms with Crippen LogP contribution in [0, 0.1) is 0 Å². The highest BCUT2D eigenvalue weighted by atomic mass is 16.5. The molecule has 0 bridgehead atoms. The van der Waals surface area contributed by atoms with Crippen LogP contribution >= 0.6 is 0 Å². The molecule has 0 spiro atoms. The van der Waals surface area contributed by atoms with Gasteiger partial charge in [-0.3, -0.25) is 0 Å². The zero-order valence-electron chi connectivity index (χ0n) is 5.48. The van der Waals surface area contributed by atoms with Crippen LogP contribution < -0.4 is 5.32 Å². The fourth-order valence-corrected chi connectivity index (χ4v) is 0.867. The van der Waals surface area contributed by atoms with E-state index in [2.05, 4.69) is 12.2 Å². The highest BCUT2D eigenvalue weighted by molar-refractivity contribution is 4.84. The molecule has 1 fully saturated rings. The van der Waals surface area contributed by atoms with Gasteiger partial charge in [-0.25, -0.2) is 0 Å². The molecule has 1 heterocycles. The van der Waals surface area contributed by atoms with Crippen LogP contribution in [0.4, 0.5) is 0 Å². The zero-order valence-corrected chi connectivity index (χ0v) is 5.48. The third-order valence-corrected chi connectivity index (χ3v) is 1.58. The molecule has 2 atom stereocenters. The van der Waals surface area contributed by atoms with Crippen LogP contribution in [0.1, 0.15) is 13.8 Å². The second kappa shape index (κ2) is 2.46. The van der Waals surface area contributed by atoms with E-state index in [1.54, 1.807) is 0 Å². The average Bonchev–Trinajstić information content (AvgIpc) is 1.79. The van der Waals surface area contributed by atoms with Crippen molar-refractivity contribution in [2.24, 2.45) is 0 Å². The van der Waals surface area contributed by atoms with Crippen molar-refractivity contribution in [3.63, 3.8) is 0 Å². The molecule has 2 heteroatoms. The number of nitrogens with one attached hydrogen (secondary N) is 1. The maximum Gasteiger partial charge on any atom is 0.0849 e. The van der Waals surface area contributed by atoms with Crippen molar-refractivity contribution in [2.45, 2.75) is 26.0 Å². The van der Waals surface area contributed by atoms with Crippen molar-refractivity contribution < 1.29 is 4.74 Å². The van der Waals surface area contributed by atoms with Gasteiger partial charge in [-0.1, -0.05) is 0 Å². The number of rotatable bonds is 2. The van der Waals surface area contributed by atoms with E-state index in [1.807, 2.05) is 6.92 Å². The molecule has 0 aromatic heterocycles. The summed E-state index contributed by atoms with van der Waals surface area (Å²) in [6.07, 6.45) is 0.486. The van der Waals surface area contributed by atoms with Crippen molar-refractivity contribution in [3.05, 3.63) is 0 Å². The molecule has 1 saturated heterocycles. The maximum atomic E-state index is 5.33. The van der Waals surface area contributed by atoms with E-state index in [-0.39, 0.29) is 0 Å². The maximum absolute atomic E-state index is 5.33. The third-order valence-electron chi connectivity index (χ3n) is 1.58. The molecule has 0 saturated carbocycles. The van der Waals surface area contributed by atoms with Crippen LogP contribution in [0.5, 0.6) is 0 Å². The van der Waals surface area contributed by atoms with Crippen molar-refractivity contribution >= 4 is 0 Å². The fourth-order valence-electron chi connectivity index (χ4n) is 0.867. The van der Waals surface area contributed by atoms with Crippen molar-refractivity contribution in [1.82, 2.24) is 5.32 Å².